The maximum atomic E-state index is 12.6. The molecule has 2 aromatic rings. The topological polar surface area (TPSA) is 65.4 Å². The van der Waals surface area contributed by atoms with Crippen LogP contribution in [0.15, 0.2) is 24.3 Å². The molecule has 1 saturated carbocycles. The van der Waals surface area contributed by atoms with Gasteiger partial charge in [0.15, 0.2) is 0 Å². The van der Waals surface area contributed by atoms with Crippen molar-refractivity contribution in [1.82, 2.24) is 15.1 Å². The zero-order valence-corrected chi connectivity index (χ0v) is 15.7. The first-order valence-corrected chi connectivity index (χ1v) is 9.17. The fraction of sp³-hybridized carbons (Fsp3) is 0.500. The van der Waals surface area contributed by atoms with Gasteiger partial charge in [0.2, 0.25) is 0 Å². The van der Waals surface area contributed by atoms with Crippen molar-refractivity contribution in [2.75, 3.05) is 20.8 Å². The predicted molar refractivity (Wildman–Crippen MR) is 101 cm³/mol. The van der Waals surface area contributed by atoms with Gasteiger partial charge in [-0.1, -0.05) is 19.3 Å². The van der Waals surface area contributed by atoms with Gasteiger partial charge < -0.3 is 14.8 Å². The summed E-state index contributed by atoms with van der Waals surface area (Å²) in [6.07, 6.45) is 6.28. The normalized spacial score (nSPS) is 14.9. The number of nitrogens with zero attached hydrogens (tertiary/aromatic N) is 2. The number of carbonyl (C=O) groups is 1. The minimum atomic E-state index is -0.0794. The van der Waals surface area contributed by atoms with Gasteiger partial charge in [0.25, 0.3) is 5.91 Å². The Balaban J connectivity index is 1.75. The number of ether oxygens (including phenoxy) is 2. The molecule has 1 aromatic heterocycles. The van der Waals surface area contributed by atoms with Gasteiger partial charge in [-0.15, -0.1) is 0 Å². The maximum absolute atomic E-state index is 12.6. The first kappa shape index (κ1) is 18.3. The SMILES string of the molecule is COc1ccc(-c2cc(C(=O)NCC3CCCCC3)n(C)n2)c(OC)c1. The van der Waals surface area contributed by atoms with Crippen molar-refractivity contribution >= 4 is 5.91 Å². The molecule has 1 fully saturated rings. The van der Waals surface area contributed by atoms with Gasteiger partial charge in [-0.2, -0.15) is 5.10 Å². The van der Waals surface area contributed by atoms with Gasteiger partial charge in [-0.05, 0) is 37.0 Å². The van der Waals surface area contributed by atoms with Crippen LogP contribution >= 0.6 is 0 Å². The van der Waals surface area contributed by atoms with E-state index in [-0.39, 0.29) is 5.91 Å². The van der Waals surface area contributed by atoms with E-state index in [1.807, 2.05) is 18.2 Å². The van der Waals surface area contributed by atoms with E-state index in [1.54, 1.807) is 32.0 Å². The van der Waals surface area contributed by atoms with E-state index in [0.717, 1.165) is 12.1 Å². The molecule has 0 atom stereocenters. The summed E-state index contributed by atoms with van der Waals surface area (Å²) in [7, 11) is 5.01. The van der Waals surface area contributed by atoms with Gasteiger partial charge in [-0.3, -0.25) is 9.48 Å². The molecule has 26 heavy (non-hydrogen) atoms. The predicted octanol–water partition coefficient (Wildman–Crippen LogP) is 3.41. The largest absolute Gasteiger partial charge is 0.497 e. The molecule has 1 aromatic carbocycles. The summed E-state index contributed by atoms with van der Waals surface area (Å²) in [4.78, 5) is 12.6. The molecule has 0 spiro atoms. The summed E-state index contributed by atoms with van der Waals surface area (Å²) < 4.78 is 12.3. The summed E-state index contributed by atoms with van der Waals surface area (Å²) in [5.41, 5.74) is 2.08. The van der Waals surface area contributed by atoms with E-state index in [4.69, 9.17) is 9.47 Å². The Hall–Kier alpha value is -2.50. The number of rotatable bonds is 6. The van der Waals surface area contributed by atoms with Crippen LogP contribution in [0.4, 0.5) is 0 Å². The third-order valence-electron chi connectivity index (χ3n) is 5.07. The molecule has 0 saturated heterocycles. The van der Waals surface area contributed by atoms with Gasteiger partial charge in [-0.25, -0.2) is 0 Å². The third-order valence-corrected chi connectivity index (χ3v) is 5.07. The van der Waals surface area contributed by atoms with E-state index < -0.39 is 0 Å². The molecular weight excluding hydrogens is 330 g/mol. The molecule has 140 valence electrons. The highest BCUT2D eigenvalue weighted by Crippen LogP contribution is 2.32. The highest BCUT2D eigenvalue weighted by molar-refractivity contribution is 5.93. The zero-order chi connectivity index (χ0) is 18.5. The number of aryl methyl sites for hydroxylation is 1. The monoisotopic (exact) mass is 357 g/mol. The highest BCUT2D eigenvalue weighted by atomic mass is 16.5. The molecule has 1 heterocycles. The number of nitrogens with one attached hydrogen (secondary N) is 1. The molecule has 6 heteroatoms. The van der Waals surface area contributed by atoms with E-state index in [9.17, 15) is 4.79 Å². The molecule has 0 bridgehead atoms. The number of hydrogen-bond acceptors (Lipinski definition) is 4. The van der Waals surface area contributed by atoms with Gasteiger partial charge in [0, 0.05) is 25.2 Å². The van der Waals surface area contributed by atoms with Crippen molar-refractivity contribution in [2.24, 2.45) is 13.0 Å². The first-order chi connectivity index (χ1) is 12.6. The summed E-state index contributed by atoms with van der Waals surface area (Å²) >= 11 is 0. The number of carbonyl (C=O) groups excluding carboxylic acids is 1. The molecule has 1 aliphatic rings. The van der Waals surface area contributed by atoms with Crippen molar-refractivity contribution in [1.29, 1.82) is 0 Å². The Morgan fingerprint density at radius 2 is 1.96 bits per heavy atom. The second-order valence-corrected chi connectivity index (χ2v) is 6.82. The van der Waals surface area contributed by atoms with E-state index >= 15 is 0 Å². The molecular formula is C20H27N3O3. The Bertz CT molecular complexity index is 764. The second kappa shape index (κ2) is 8.25. The maximum Gasteiger partial charge on any atom is 0.269 e. The fourth-order valence-corrected chi connectivity index (χ4v) is 3.54. The molecule has 1 N–H and O–H groups in total. The van der Waals surface area contributed by atoms with Gasteiger partial charge >= 0.3 is 0 Å². The highest BCUT2D eigenvalue weighted by Gasteiger charge is 2.19. The molecule has 3 rings (SSSR count). The number of aromatic nitrogens is 2. The van der Waals surface area contributed by atoms with Crippen molar-refractivity contribution in [2.45, 2.75) is 32.1 Å². The fourth-order valence-electron chi connectivity index (χ4n) is 3.54. The number of methoxy groups -OCH3 is 2. The summed E-state index contributed by atoms with van der Waals surface area (Å²) in [5, 5.41) is 7.57. The Labute approximate surface area is 154 Å². The average Bonchev–Trinajstić information content (AvgIpc) is 3.07. The summed E-state index contributed by atoms with van der Waals surface area (Å²) in [5.74, 6) is 1.90. The van der Waals surface area contributed by atoms with Crippen LogP contribution in [0.1, 0.15) is 42.6 Å². The molecule has 6 nitrogen and oxygen atoms in total. The van der Waals surface area contributed by atoms with E-state index in [0.29, 0.717) is 28.8 Å². The summed E-state index contributed by atoms with van der Waals surface area (Å²) in [6.45, 7) is 0.741. The first-order valence-electron chi connectivity index (χ1n) is 9.17. The van der Waals surface area contributed by atoms with E-state index in [2.05, 4.69) is 10.4 Å². The average molecular weight is 357 g/mol. The lowest BCUT2D eigenvalue weighted by Crippen LogP contribution is -2.31. The lowest BCUT2D eigenvalue weighted by Gasteiger charge is -2.21. The lowest BCUT2D eigenvalue weighted by atomic mass is 9.89. The summed E-state index contributed by atoms with van der Waals surface area (Å²) in [6, 6.07) is 7.37. The number of benzene rings is 1. The van der Waals surface area contributed by atoms with Crippen LogP contribution in [0, 0.1) is 5.92 Å². The quantitative estimate of drug-likeness (QED) is 0.860. The Morgan fingerprint density at radius 1 is 1.19 bits per heavy atom. The second-order valence-electron chi connectivity index (χ2n) is 6.82. The zero-order valence-electron chi connectivity index (χ0n) is 15.7. The molecule has 0 unspecified atom stereocenters. The molecule has 1 amide bonds. The van der Waals surface area contributed by atoms with Crippen LogP contribution in [-0.2, 0) is 7.05 Å². The number of hydrogen-bond donors (Lipinski definition) is 1. The van der Waals surface area contributed by atoms with Crippen molar-refractivity contribution in [3.05, 3.63) is 30.0 Å². The minimum Gasteiger partial charge on any atom is -0.497 e. The number of amides is 1. The molecule has 0 aliphatic heterocycles. The third kappa shape index (κ3) is 4.00. The standard InChI is InChI=1S/C20H27N3O3/c1-23-18(20(24)21-13-14-7-5-4-6-8-14)12-17(22-23)16-10-9-15(25-2)11-19(16)26-3/h9-12,14H,4-8,13H2,1-3H3,(H,21,24). The van der Waals surface area contributed by atoms with Crippen molar-refractivity contribution in [3.8, 4) is 22.8 Å². The Kier molecular flexibility index (Phi) is 5.81. The van der Waals surface area contributed by atoms with Crippen LogP contribution in [-0.4, -0.2) is 36.5 Å². The smallest absolute Gasteiger partial charge is 0.269 e. The van der Waals surface area contributed by atoms with Crippen LogP contribution in [0.3, 0.4) is 0 Å². The van der Waals surface area contributed by atoms with Gasteiger partial charge in [0.05, 0.1) is 19.9 Å². The lowest BCUT2D eigenvalue weighted by molar-refractivity contribution is 0.0934. The van der Waals surface area contributed by atoms with Crippen LogP contribution in [0.5, 0.6) is 11.5 Å². The van der Waals surface area contributed by atoms with Crippen LogP contribution in [0.25, 0.3) is 11.3 Å². The van der Waals surface area contributed by atoms with Crippen molar-refractivity contribution in [3.63, 3.8) is 0 Å². The van der Waals surface area contributed by atoms with E-state index in [1.165, 1.54) is 32.1 Å². The van der Waals surface area contributed by atoms with Crippen LogP contribution < -0.4 is 14.8 Å². The molecule has 1 aliphatic carbocycles. The van der Waals surface area contributed by atoms with Crippen LogP contribution in [0.2, 0.25) is 0 Å². The van der Waals surface area contributed by atoms with Crippen molar-refractivity contribution < 1.29 is 14.3 Å². The molecule has 0 radical (unpaired) electrons. The minimum absolute atomic E-state index is 0.0794. The Morgan fingerprint density at radius 3 is 2.65 bits per heavy atom. The van der Waals surface area contributed by atoms with Gasteiger partial charge in [0.1, 0.15) is 17.2 Å².